The highest BCUT2D eigenvalue weighted by Crippen LogP contribution is 2.35. The zero-order valence-electron chi connectivity index (χ0n) is 13.3. The van der Waals surface area contributed by atoms with Gasteiger partial charge in [0, 0.05) is 33.2 Å². The molecule has 26 heavy (non-hydrogen) atoms. The van der Waals surface area contributed by atoms with Crippen LogP contribution in [0.4, 0.5) is 10.8 Å². The lowest BCUT2D eigenvalue weighted by Gasteiger charge is -2.03. The molecule has 9 heteroatoms. The van der Waals surface area contributed by atoms with Crippen molar-refractivity contribution in [1.82, 2.24) is 4.98 Å². The molecule has 0 fully saturated rings. The first-order chi connectivity index (χ1) is 12.3. The highest BCUT2D eigenvalue weighted by Gasteiger charge is 2.16. The van der Waals surface area contributed by atoms with Crippen LogP contribution < -0.4 is 5.32 Å². The third kappa shape index (κ3) is 3.85. The van der Waals surface area contributed by atoms with Crippen molar-refractivity contribution < 1.29 is 9.72 Å². The van der Waals surface area contributed by atoms with Gasteiger partial charge in [0.05, 0.1) is 15.6 Å². The molecule has 0 unspecified atom stereocenters. The van der Waals surface area contributed by atoms with E-state index in [4.69, 9.17) is 23.2 Å². The number of thiazole rings is 1. The number of amides is 1. The van der Waals surface area contributed by atoms with E-state index in [1.807, 2.05) is 6.92 Å². The summed E-state index contributed by atoms with van der Waals surface area (Å²) < 4.78 is 0. The number of aryl methyl sites for hydroxylation is 1. The summed E-state index contributed by atoms with van der Waals surface area (Å²) in [4.78, 5) is 27.8. The summed E-state index contributed by atoms with van der Waals surface area (Å²) in [6, 6.07) is 10.5. The number of carbonyl (C=O) groups is 1. The van der Waals surface area contributed by atoms with Gasteiger partial charge in [0.15, 0.2) is 5.13 Å². The van der Waals surface area contributed by atoms with Crippen molar-refractivity contribution in [3.05, 3.63) is 73.1 Å². The number of hydrogen-bond donors (Lipinski definition) is 1. The Balaban J connectivity index is 1.82. The lowest BCUT2D eigenvalue weighted by atomic mass is 10.1. The molecule has 0 spiro atoms. The number of hydrogen-bond acceptors (Lipinski definition) is 5. The molecule has 2 aromatic carbocycles. The Morgan fingerprint density at radius 1 is 1.19 bits per heavy atom. The Morgan fingerprint density at radius 3 is 2.50 bits per heavy atom. The maximum absolute atomic E-state index is 12.3. The van der Waals surface area contributed by atoms with Gasteiger partial charge in [-0.2, -0.15) is 0 Å². The molecule has 1 N–H and O–H groups in total. The van der Waals surface area contributed by atoms with Gasteiger partial charge in [-0.1, -0.05) is 23.2 Å². The fourth-order valence-corrected chi connectivity index (χ4v) is 3.61. The first-order valence-electron chi connectivity index (χ1n) is 7.34. The number of carbonyl (C=O) groups excluding carboxylic acids is 1. The van der Waals surface area contributed by atoms with Gasteiger partial charge in [0.1, 0.15) is 0 Å². The summed E-state index contributed by atoms with van der Waals surface area (Å²) in [5, 5.41) is 14.8. The topological polar surface area (TPSA) is 85.1 Å². The van der Waals surface area contributed by atoms with E-state index in [-0.39, 0.29) is 5.69 Å². The van der Waals surface area contributed by atoms with Crippen LogP contribution in [0.1, 0.15) is 15.2 Å². The van der Waals surface area contributed by atoms with Crippen molar-refractivity contribution in [2.24, 2.45) is 0 Å². The molecule has 132 valence electrons. The molecule has 1 amide bonds. The van der Waals surface area contributed by atoms with Crippen LogP contribution in [0.3, 0.4) is 0 Å². The molecular weight excluding hydrogens is 397 g/mol. The van der Waals surface area contributed by atoms with Gasteiger partial charge in [-0.05, 0) is 37.3 Å². The number of nitro groups is 1. The smallest absolute Gasteiger partial charge is 0.269 e. The molecule has 0 radical (unpaired) electrons. The van der Waals surface area contributed by atoms with Crippen molar-refractivity contribution >= 4 is 51.3 Å². The predicted octanol–water partition coefficient (Wildman–Crippen LogP) is 5.59. The van der Waals surface area contributed by atoms with Crippen LogP contribution in [0.25, 0.3) is 11.3 Å². The maximum atomic E-state index is 12.3. The number of nitrogens with zero attached hydrogens (tertiary/aromatic N) is 2. The van der Waals surface area contributed by atoms with Gasteiger partial charge in [0.2, 0.25) is 0 Å². The number of anilines is 1. The van der Waals surface area contributed by atoms with Crippen molar-refractivity contribution in [1.29, 1.82) is 0 Å². The molecule has 1 heterocycles. The molecular formula is C17H11Cl2N3O3S. The fourth-order valence-electron chi connectivity index (χ4n) is 2.29. The highest BCUT2D eigenvalue weighted by molar-refractivity contribution is 7.16. The number of aromatic nitrogens is 1. The molecule has 0 atom stereocenters. The van der Waals surface area contributed by atoms with Gasteiger partial charge >= 0.3 is 0 Å². The average molecular weight is 408 g/mol. The summed E-state index contributed by atoms with van der Waals surface area (Å²) in [5.74, 6) is -0.401. The second-order valence-corrected chi connectivity index (χ2v) is 7.35. The summed E-state index contributed by atoms with van der Waals surface area (Å²) in [6.07, 6.45) is 0. The van der Waals surface area contributed by atoms with E-state index in [1.165, 1.54) is 35.6 Å². The molecule has 0 aliphatic rings. The molecule has 0 saturated heterocycles. The third-order valence-electron chi connectivity index (χ3n) is 3.54. The zero-order chi connectivity index (χ0) is 18.8. The Morgan fingerprint density at radius 2 is 1.88 bits per heavy atom. The SMILES string of the molecule is Cc1sc(NC(=O)c2ccc([N+](=O)[O-])cc2)nc1-c1ccc(Cl)cc1Cl. The van der Waals surface area contributed by atoms with Gasteiger partial charge in [-0.3, -0.25) is 20.2 Å². The van der Waals surface area contributed by atoms with Gasteiger partial charge in [-0.15, -0.1) is 11.3 Å². The molecule has 0 aliphatic heterocycles. The van der Waals surface area contributed by atoms with E-state index >= 15 is 0 Å². The van der Waals surface area contributed by atoms with Crippen molar-refractivity contribution in [3.8, 4) is 11.3 Å². The van der Waals surface area contributed by atoms with Crippen LogP contribution in [0.2, 0.25) is 10.0 Å². The van der Waals surface area contributed by atoms with E-state index < -0.39 is 10.8 Å². The van der Waals surface area contributed by atoms with Crippen LogP contribution in [-0.4, -0.2) is 15.8 Å². The monoisotopic (exact) mass is 407 g/mol. The molecule has 1 aromatic heterocycles. The summed E-state index contributed by atoms with van der Waals surface area (Å²) >= 11 is 13.5. The van der Waals surface area contributed by atoms with Crippen LogP contribution >= 0.6 is 34.5 Å². The molecule has 3 aromatic rings. The van der Waals surface area contributed by atoms with E-state index in [1.54, 1.807) is 18.2 Å². The Labute approximate surface area is 162 Å². The molecule has 0 aliphatic carbocycles. The number of nitrogens with one attached hydrogen (secondary N) is 1. The number of halogens is 2. The Hall–Kier alpha value is -2.48. The number of rotatable bonds is 4. The van der Waals surface area contributed by atoms with E-state index in [0.29, 0.717) is 26.4 Å². The normalized spacial score (nSPS) is 10.6. The van der Waals surface area contributed by atoms with E-state index in [2.05, 4.69) is 10.3 Å². The van der Waals surface area contributed by atoms with Gasteiger partial charge < -0.3 is 0 Å². The second kappa shape index (κ2) is 7.41. The lowest BCUT2D eigenvalue weighted by Crippen LogP contribution is -2.11. The number of nitro benzene ring substituents is 1. The summed E-state index contributed by atoms with van der Waals surface area (Å²) in [6.45, 7) is 1.87. The van der Waals surface area contributed by atoms with Crippen LogP contribution in [0.15, 0.2) is 42.5 Å². The third-order valence-corrected chi connectivity index (χ3v) is 4.98. The number of benzene rings is 2. The Bertz CT molecular complexity index is 1000. The summed E-state index contributed by atoms with van der Waals surface area (Å²) in [7, 11) is 0. The van der Waals surface area contributed by atoms with E-state index in [0.717, 1.165) is 10.4 Å². The van der Waals surface area contributed by atoms with Crippen molar-refractivity contribution in [2.75, 3.05) is 5.32 Å². The first kappa shape index (κ1) is 18.3. The average Bonchev–Trinajstić information content (AvgIpc) is 2.95. The van der Waals surface area contributed by atoms with Crippen LogP contribution in [0.5, 0.6) is 0 Å². The predicted molar refractivity (Wildman–Crippen MR) is 103 cm³/mol. The fraction of sp³-hybridized carbons (Fsp3) is 0.0588. The molecule has 6 nitrogen and oxygen atoms in total. The van der Waals surface area contributed by atoms with Crippen LogP contribution in [-0.2, 0) is 0 Å². The van der Waals surface area contributed by atoms with Crippen LogP contribution in [0, 0.1) is 17.0 Å². The molecule has 0 bridgehead atoms. The minimum atomic E-state index is -0.520. The summed E-state index contributed by atoms with van der Waals surface area (Å²) in [5.41, 5.74) is 1.61. The van der Waals surface area contributed by atoms with Gasteiger partial charge in [-0.25, -0.2) is 4.98 Å². The maximum Gasteiger partial charge on any atom is 0.269 e. The van der Waals surface area contributed by atoms with Crippen molar-refractivity contribution in [2.45, 2.75) is 6.92 Å². The van der Waals surface area contributed by atoms with Gasteiger partial charge in [0.25, 0.3) is 11.6 Å². The van der Waals surface area contributed by atoms with E-state index in [9.17, 15) is 14.9 Å². The number of non-ortho nitro benzene ring substituents is 1. The quantitative estimate of drug-likeness (QED) is 0.451. The highest BCUT2D eigenvalue weighted by atomic mass is 35.5. The lowest BCUT2D eigenvalue weighted by molar-refractivity contribution is -0.384. The van der Waals surface area contributed by atoms with Crippen molar-refractivity contribution in [3.63, 3.8) is 0 Å². The Kier molecular flexibility index (Phi) is 5.22. The first-order valence-corrected chi connectivity index (χ1v) is 8.91. The largest absolute Gasteiger partial charge is 0.298 e. The molecule has 0 saturated carbocycles. The molecule has 3 rings (SSSR count). The minimum absolute atomic E-state index is 0.0775. The second-order valence-electron chi connectivity index (χ2n) is 5.31. The minimum Gasteiger partial charge on any atom is -0.298 e. The standard InChI is InChI=1S/C17H11Cl2N3O3S/c1-9-15(13-7-4-11(18)8-14(13)19)20-17(26-9)21-16(23)10-2-5-12(6-3-10)22(24)25/h2-8H,1H3,(H,20,21,23). The zero-order valence-corrected chi connectivity index (χ0v) is 15.7.